The molecule has 0 heterocycles. The highest BCUT2D eigenvalue weighted by Gasteiger charge is 2.24. The number of hydrogen-bond donors (Lipinski definition) is 2. The molecule has 0 aromatic heterocycles. The van der Waals surface area contributed by atoms with Gasteiger partial charge >= 0.3 is 0 Å². The molecule has 94 valence electrons. The van der Waals surface area contributed by atoms with Gasteiger partial charge in [-0.3, -0.25) is 10.1 Å². The number of hydrogen-bond acceptors (Lipinski definition) is 4. The quantitative estimate of drug-likeness (QED) is 0.648. The third-order valence-corrected chi connectivity index (χ3v) is 3.21. The van der Waals surface area contributed by atoms with Crippen molar-refractivity contribution in [1.29, 1.82) is 0 Å². The van der Waals surface area contributed by atoms with Crippen molar-refractivity contribution in [3.8, 4) is 0 Å². The van der Waals surface area contributed by atoms with Crippen LogP contribution in [-0.4, -0.2) is 22.2 Å². The van der Waals surface area contributed by atoms with Crippen molar-refractivity contribution in [2.45, 2.75) is 25.8 Å². The van der Waals surface area contributed by atoms with Gasteiger partial charge in [0.15, 0.2) is 0 Å². The van der Waals surface area contributed by atoms with Crippen molar-refractivity contribution in [1.82, 2.24) is 0 Å². The van der Waals surface area contributed by atoms with E-state index in [0.29, 0.717) is 12.1 Å². The smallest absolute Gasteiger partial charge is 0.292 e. The van der Waals surface area contributed by atoms with Crippen molar-refractivity contribution in [3.05, 3.63) is 32.8 Å². The first-order valence-electron chi connectivity index (χ1n) is 5.25. The summed E-state index contributed by atoms with van der Waals surface area (Å²) in [5.74, 6) is 0. The van der Waals surface area contributed by atoms with Crippen LogP contribution in [0.15, 0.2) is 22.7 Å². The molecule has 0 amide bonds. The molecular formula is C11H15BrN2O3. The largest absolute Gasteiger partial charge is 0.394 e. The summed E-state index contributed by atoms with van der Waals surface area (Å²) in [6.07, 6.45) is 0.660. The van der Waals surface area contributed by atoms with Gasteiger partial charge in [0.05, 0.1) is 17.1 Å². The lowest BCUT2D eigenvalue weighted by atomic mass is 9.99. The molecule has 0 fully saturated rings. The Bertz CT molecular complexity index is 419. The SMILES string of the molecule is CCC(C)(CO)Nc1cc(Br)ccc1[N+](=O)[O-]. The number of nitro groups is 1. The van der Waals surface area contributed by atoms with Gasteiger partial charge in [0.25, 0.3) is 5.69 Å². The molecule has 6 heteroatoms. The van der Waals surface area contributed by atoms with Gasteiger partial charge in [-0.2, -0.15) is 0 Å². The zero-order valence-corrected chi connectivity index (χ0v) is 11.3. The van der Waals surface area contributed by atoms with E-state index in [1.807, 2.05) is 13.8 Å². The second-order valence-electron chi connectivity index (χ2n) is 4.12. The topological polar surface area (TPSA) is 75.4 Å². The van der Waals surface area contributed by atoms with E-state index < -0.39 is 10.5 Å². The number of nitrogens with one attached hydrogen (secondary N) is 1. The molecule has 1 aromatic carbocycles. The fourth-order valence-electron chi connectivity index (χ4n) is 1.33. The lowest BCUT2D eigenvalue weighted by Gasteiger charge is -2.28. The highest BCUT2D eigenvalue weighted by molar-refractivity contribution is 9.10. The van der Waals surface area contributed by atoms with Crippen LogP contribution in [0.25, 0.3) is 0 Å². The van der Waals surface area contributed by atoms with E-state index >= 15 is 0 Å². The number of benzene rings is 1. The Labute approximate surface area is 108 Å². The predicted octanol–water partition coefficient (Wildman–Crippen LogP) is 2.93. The Balaban J connectivity index is 3.12. The molecule has 2 N–H and O–H groups in total. The second kappa shape index (κ2) is 5.46. The van der Waals surface area contributed by atoms with E-state index in [9.17, 15) is 15.2 Å². The fraction of sp³-hybridized carbons (Fsp3) is 0.455. The maximum atomic E-state index is 10.9. The lowest BCUT2D eigenvalue weighted by molar-refractivity contribution is -0.384. The van der Waals surface area contributed by atoms with Crippen LogP contribution in [0.5, 0.6) is 0 Å². The number of halogens is 1. The highest BCUT2D eigenvalue weighted by Crippen LogP contribution is 2.30. The summed E-state index contributed by atoms with van der Waals surface area (Å²) in [5, 5.41) is 23.2. The van der Waals surface area contributed by atoms with Crippen molar-refractivity contribution in [3.63, 3.8) is 0 Å². The number of anilines is 1. The number of aliphatic hydroxyl groups is 1. The Morgan fingerprint density at radius 3 is 2.71 bits per heavy atom. The number of aliphatic hydroxyl groups excluding tert-OH is 1. The summed E-state index contributed by atoms with van der Waals surface area (Å²) < 4.78 is 0.752. The maximum absolute atomic E-state index is 10.9. The summed E-state index contributed by atoms with van der Waals surface area (Å²) in [6, 6.07) is 4.69. The van der Waals surface area contributed by atoms with Gasteiger partial charge in [-0.15, -0.1) is 0 Å². The normalized spacial score (nSPS) is 14.1. The summed E-state index contributed by atoms with van der Waals surface area (Å²) in [6.45, 7) is 3.64. The van der Waals surface area contributed by atoms with E-state index in [4.69, 9.17) is 0 Å². The summed E-state index contributed by atoms with van der Waals surface area (Å²) in [4.78, 5) is 10.4. The van der Waals surface area contributed by atoms with Crippen LogP contribution in [0, 0.1) is 10.1 Å². The summed E-state index contributed by atoms with van der Waals surface area (Å²) >= 11 is 3.27. The summed E-state index contributed by atoms with van der Waals surface area (Å²) in [5.41, 5.74) is -0.157. The minimum atomic E-state index is -0.564. The van der Waals surface area contributed by atoms with Gasteiger partial charge in [-0.05, 0) is 25.5 Å². The van der Waals surface area contributed by atoms with Crippen LogP contribution in [0.2, 0.25) is 0 Å². The van der Waals surface area contributed by atoms with Crippen LogP contribution in [0.1, 0.15) is 20.3 Å². The van der Waals surface area contributed by atoms with E-state index in [-0.39, 0.29) is 12.3 Å². The molecule has 17 heavy (non-hydrogen) atoms. The van der Waals surface area contributed by atoms with Crippen molar-refractivity contribution < 1.29 is 10.0 Å². The van der Waals surface area contributed by atoms with Gasteiger partial charge in [-0.1, -0.05) is 22.9 Å². The average molecular weight is 303 g/mol. The maximum Gasteiger partial charge on any atom is 0.292 e. The molecule has 0 aliphatic rings. The first kappa shape index (κ1) is 13.9. The molecule has 0 aliphatic carbocycles. The van der Waals surface area contributed by atoms with Crippen molar-refractivity contribution in [2.75, 3.05) is 11.9 Å². The molecule has 0 saturated carbocycles. The fourth-order valence-corrected chi connectivity index (χ4v) is 1.69. The van der Waals surface area contributed by atoms with Gasteiger partial charge < -0.3 is 10.4 Å². The van der Waals surface area contributed by atoms with E-state index in [0.717, 1.165) is 4.47 Å². The molecule has 0 radical (unpaired) electrons. The molecule has 0 aliphatic heterocycles. The molecule has 1 atom stereocenters. The predicted molar refractivity (Wildman–Crippen MR) is 70.2 cm³/mol. The Morgan fingerprint density at radius 2 is 2.24 bits per heavy atom. The van der Waals surface area contributed by atoms with Crippen molar-refractivity contribution >= 4 is 27.3 Å². The molecule has 1 rings (SSSR count). The van der Waals surface area contributed by atoms with E-state index in [1.165, 1.54) is 6.07 Å². The standard InChI is InChI=1S/C11H15BrN2O3/c1-3-11(2,7-15)13-9-6-8(12)4-5-10(9)14(16)17/h4-6,13,15H,3,7H2,1-2H3. The Kier molecular flexibility index (Phi) is 4.47. The minimum Gasteiger partial charge on any atom is -0.394 e. The molecule has 0 spiro atoms. The van der Waals surface area contributed by atoms with Crippen LogP contribution in [-0.2, 0) is 0 Å². The first-order chi connectivity index (χ1) is 7.91. The summed E-state index contributed by atoms with van der Waals surface area (Å²) in [7, 11) is 0. The number of rotatable bonds is 5. The van der Waals surface area contributed by atoms with E-state index in [2.05, 4.69) is 21.2 Å². The molecule has 1 aromatic rings. The van der Waals surface area contributed by atoms with Gasteiger partial charge in [0.2, 0.25) is 0 Å². The second-order valence-corrected chi connectivity index (χ2v) is 5.03. The van der Waals surface area contributed by atoms with Crippen LogP contribution < -0.4 is 5.32 Å². The Morgan fingerprint density at radius 1 is 1.59 bits per heavy atom. The molecular weight excluding hydrogens is 288 g/mol. The van der Waals surface area contributed by atoms with Gasteiger partial charge in [0, 0.05) is 10.5 Å². The monoisotopic (exact) mass is 302 g/mol. The van der Waals surface area contributed by atoms with Crippen molar-refractivity contribution in [2.24, 2.45) is 0 Å². The van der Waals surface area contributed by atoms with Gasteiger partial charge in [-0.25, -0.2) is 0 Å². The third kappa shape index (κ3) is 3.41. The Hall–Kier alpha value is -1.14. The minimum absolute atomic E-state index is 0.00123. The molecule has 0 bridgehead atoms. The highest BCUT2D eigenvalue weighted by atomic mass is 79.9. The van der Waals surface area contributed by atoms with Crippen LogP contribution >= 0.6 is 15.9 Å². The molecule has 1 unspecified atom stereocenters. The first-order valence-corrected chi connectivity index (χ1v) is 6.04. The van der Waals surface area contributed by atoms with E-state index in [1.54, 1.807) is 12.1 Å². The van der Waals surface area contributed by atoms with Crippen LogP contribution in [0.4, 0.5) is 11.4 Å². The van der Waals surface area contributed by atoms with Crippen LogP contribution in [0.3, 0.4) is 0 Å². The third-order valence-electron chi connectivity index (χ3n) is 2.72. The van der Waals surface area contributed by atoms with Gasteiger partial charge in [0.1, 0.15) is 5.69 Å². The lowest BCUT2D eigenvalue weighted by Crippen LogP contribution is -2.38. The average Bonchev–Trinajstić information content (AvgIpc) is 2.28. The molecule has 0 saturated heterocycles. The number of nitrogens with zero attached hydrogens (tertiary/aromatic N) is 1. The molecule has 5 nitrogen and oxygen atoms in total. The zero-order chi connectivity index (χ0) is 13.1. The zero-order valence-electron chi connectivity index (χ0n) is 9.74. The number of nitro benzene ring substituents is 1.